The molecule has 0 bridgehead atoms. The van der Waals surface area contributed by atoms with Crippen molar-refractivity contribution in [2.24, 2.45) is 11.7 Å². The van der Waals surface area contributed by atoms with Crippen molar-refractivity contribution in [3.05, 3.63) is 98.4 Å². The number of aliphatic carboxylic acids is 1. The molecule has 6 heterocycles. The lowest BCUT2D eigenvalue weighted by molar-refractivity contribution is -0.192. The number of aromatic nitrogens is 2. The highest BCUT2D eigenvalue weighted by molar-refractivity contribution is 6.13. The van der Waals surface area contributed by atoms with Gasteiger partial charge in [-0.3, -0.25) is 38.5 Å². The van der Waals surface area contributed by atoms with Gasteiger partial charge in [0.1, 0.15) is 31.0 Å². The maximum Gasteiger partial charge on any atom is 0.490 e. The zero-order valence-electron chi connectivity index (χ0n) is 51.6. The van der Waals surface area contributed by atoms with Gasteiger partial charge < -0.3 is 80.3 Å². The fourth-order valence-corrected chi connectivity index (χ4v) is 10.3. The minimum Gasteiger partial charge on any atom is -0.493 e. The molecule has 31 heteroatoms. The molecule has 3 atom stereocenters. The van der Waals surface area contributed by atoms with Gasteiger partial charge >= 0.3 is 24.2 Å². The number of fused-ring (bicyclic) bond motifs is 6. The van der Waals surface area contributed by atoms with Crippen molar-refractivity contribution >= 4 is 70.1 Å². The van der Waals surface area contributed by atoms with E-state index in [1.54, 1.807) is 55.7 Å². The van der Waals surface area contributed by atoms with Crippen LogP contribution in [0.3, 0.4) is 0 Å². The molecule has 7 amide bonds. The number of cyclic esters (lactones) is 1. The van der Waals surface area contributed by atoms with Crippen molar-refractivity contribution in [1.29, 1.82) is 0 Å². The maximum absolute atomic E-state index is 14.0. The van der Waals surface area contributed by atoms with E-state index in [4.69, 9.17) is 53.8 Å². The van der Waals surface area contributed by atoms with E-state index in [2.05, 4.69) is 26.6 Å². The lowest BCUT2D eigenvalue weighted by atomic mass is 9.86. The molecule has 0 radical (unpaired) electrons. The first kappa shape index (κ1) is 71.6. The van der Waals surface area contributed by atoms with Crippen LogP contribution in [0.15, 0.2) is 59.4 Å². The predicted molar refractivity (Wildman–Crippen MR) is 322 cm³/mol. The molecule has 4 aromatic rings. The largest absolute Gasteiger partial charge is 0.493 e. The summed E-state index contributed by atoms with van der Waals surface area (Å²) in [6.07, 6.45) is -1.34. The van der Waals surface area contributed by atoms with Gasteiger partial charge in [-0.25, -0.2) is 19.4 Å². The van der Waals surface area contributed by atoms with Crippen LogP contribution in [-0.2, 0) is 105 Å². The number of esters is 1. The molecule has 0 saturated heterocycles. The number of ether oxygens (including phenoxy) is 7. The molecule has 2 aromatic heterocycles. The minimum atomic E-state index is -5.08. The van der Waals surface area contributed by atoms with Crippen LogP contribution in [0.1, 0.15) is 92.7 Å². The van der Waals surface area contributed by atoms with Crippen molar-refractivity contribution in [3.8, 4) is 17.1 Å². The number of nitrogens with zero attached hydrogens (tertiary/aromatic N) is 3. The number of imide groups is 1. The Hall–Kier alpha value is -8.88. The summed E-state index contributed by atoms with van der Waals surface area (Å²) in [5.41, 5.74) is 8.64. The third-order valence-electron chi connectivity index (χ3n) is 15.3. The van der Waals surface area contributed by atoms with Gasteiger partial charge in [-0.05, 0) is 79.1 Å². The second kappa shape index (κ2) is 33.6. The lowest BCUT2D eigenvalue weighted by Crippen LogP contribution is -2.54. The Labute approximate surface area is 531 Å². The second-order valence-corrected chi connectivity index (χ2v) is 22.1. The van der Waals surface area contributed by atoms with Crippen LogP contribution in [0.2, 0.25) is 0 Å². The number of benzene rings is 2. The quantitative estimate of drug-likeness (QED) is 0.0170. The third kappa shape index (κ3) is 19.4. The number of alkyl halides is 3. The summed E-state index contributed by atoms with van der Waals surface area (Å²) in [6, 6.07) is 10.2. The topological polar surface area (TPSA) is 383 Å². The van der Waals surface area contributed by atoms with E-state index >= 15 is 0 Å². The summed E-state index contributed by atoms with van der Waals surface area (Å²) >= 11 is 0. The van der Waals surface area contributed by atoms with Crippen LogP contribution >= 0.6 is 0 Å². The van der Waals surface area contributed by atoms with Gasteiger partial charge in [0.2, 0.25) is 23.6 Å². The number of carboxylic acids is 1. The number of carbonyl (C=O) groups is 9. The Kier molecular flexibility index (Phi) is 25.9. The first-order chi connectivity index (χ1) is 44.4. The summed E-state index contributed by atoms with van der Waals surface area (Å²) < 4.78 is 72.0. The Bertz CT molecular complexity index is 3470. The molecule has 9 N–H and O–H groups in total. The number of carboxylic acid groups (broad SMARTS) is 1. The van der Waals surface area contributed by atoms with E-state index in [-0.39, 0.29) is 114 Å². The SMILES string of the molecule is CC[C@@]1(O)C(=O)OCc2c1cc1n(c2=O)Cc2c-1nc1cc3c(cc1c2CNC(=O)OCc1ccc(NC(=O)[C@H](CCCCN)NC(=O)[C@@H](NC(=O)CCOCCOCCOCCOCCNC(=O)CCN2C(=O)C=CC2=O)C(C)C)cc1)CCO3.O=C(O)C(F)(F)F. The number of halogens is 3. The Balaban J connectivity index is 0.00000165. The Morgan fingerprint density at radius 1 is 0.806 bits per heavy atom. The minimum absolute atomic E-state index is 0.00263. The lowest BCUT2D eigenvalue weighted by Gasteiger charge is -2.31. The smallest absolute Gasteiger partial charge is 0.490 e. The number of rotatable bonds is 33. The highest BCUT2D eigenvalue weighted by Crippen LogP contribution is 2.42. The monoisotopic (exact) mass is 1310 g/mol. The summed E-state index contributed by atoms with van der Waals surface area (Å²) in [4.78, 5) is 130. The fourth-order valence-electron chi connectivity index (χ4n) is 10.3. The summed E-state index contributed by atoms with van der Waals surface area (Å²) in [6.45, 7) is 8.20. The Morgan fingerprint density at radius 2 is 1.46 bits per heavy atom. The second-order valence-electron chi connectivity index (χ2n) is 22.1. The van der Waals surface area contributed by atoms with Gasteiger partial charge in [0.15, 0.2) is 5.60 Å². The van der Waals surface area contributed by atoms with Crippen LogP contribution in [0, 0.1) is 5.92 Å². The number of hydrogen-bond donors (Lipinski definition) is 8. The molecule has 504 valence electrons. The molecule has 0 aliphatic carbocycles. The summed E-state index contributed by atoms with van der Waals surface area (Å²) in [5.74, 6) is -5.79. The zero-order valence-corrected chi connectivity index (χ0v) is 51.6. The first-order valence-corrected chi connectivity index (χ1v) is 30.2. The number of nitrogens with two attached hydrogens (primary N) is 1. The number of aliphatic hydroxyl groups is 1. The third-order valence-corrected chi connectivity index (χ3v) is 15.3. The van der Waals surface area contributed by atoms with E-state index in [1.807, 2.05) is 12.1 Å². The molecule has 93 heavy (non-hydrogen) atoms. The van der Waals surface area contributed by atoms with Crippen molar-refractivity contribution in [1.82, 2.24) is 35.7 Å². The molecule has 2 aromatic carbocycles. The van der Waals surface area contributed by atoms with Gasteiger partial charge in [0.05, 0.1) is 88.5 Å². The van der Waals surface area contributed by atoms with Crippen molar-refractivity contribution in [2.75, 3.05) is 84.4 Å². The molecular weight excluding hydrogens is 1230 g/mol. The number of amides is 7. The van der Waals surface area contributed by atoms with Crippen LogP contribution in [0.4, 0.5) is 23.7 Å². The highest BCUT2D eigenvalue weighted by Gasteiger charge is 2.46. The predicted octanol–water partition coefficient (Wildman–Crippen LogP) is 2.66. The number of anilines is 1. The van der Waals surface area contributed by atoms with Crippen LogP contribution in [0.25, 0.3) is 22.3 Å². The highest BCUT2D eigenvalue weighted by atomic mass is 19.4. The van der Waals surface area contributed by atoms with Crippen molar-refractivity contribution < 1.29 is 99.7 Å². The molecule has 0 saturated carbocycles. The van der Waals surface area contributed by atoms with Crippen molar-refractivity contribution in [3.63, 3.8) is 0 Å². The van der Waals surface area contributed by atoms with Crippen molar-refractivity contribution in [2.45, 2.75) is 116 Å². The van der Waals surface area contributed by atoms with E-state index in [0.29, 0.717) is 104 Å². The average Bonchev–Trinajstić information content (AvgIpc) is 1.62. The number of pyridine rings is 2. The van der Waals surface area contributed by atoms with Gasteiger partial charge in [-0.1, -0.05) is 32.9 Å². The standard InChI is InChI=1S/C60H75N9O17.C2HF3O2/c1-4-60(79)44-30-47-54-42(33-69(47)57(76)43(44)35-85-58(60)77)41(40-29-38-15-21-84-48(38)31-46(40)65-54)32-63-59(78)86-34-37-8-10-39(11-9-37)64-55(74)45(7-5-6-17-61)66-56(75)53(36(2)3)67-50(71)16-20-80-23-25-82-27-28-83-26-24-81-22-18-62-49(70)14-19-68-51(72)12-13-52(68)73;3-2(4,5)1(6)7/h8-13,29-31,36,45,53,79H,4-7,14-28,32-35,61H2,1-3H3,(H,62,70)(H,63,78)(H,64,74)(H,66,75)(H,67,71);(H,6,7)/t45-,53-,60-;/m0./s1. The summed E-state index contributed by atoms with van der Waals surface area (Å²) in [5, 5.41) is 33.3. The van der Waals surface area contributed by atoms with Gasteiger partial charge in [-0.2, -0.15) is 13.2 Å². The molecule has 0 unspecified atom stereocenters. The summed E-state index contributed by atoms with van der Waals surface area (Å²) in [7, 11) is 0. The van der Waals surface area contributed by atoms with Gasteiger partial charge in [-0.15, -0.1) is 0 Å². The van der Waals surface area contributed by atoms with Crippen LogP contribution < -0.4 is 42.6 Å². The number of unbranched alkanes of at least 4 members (excludes halogenated alkanes) is 1. The normalized spacial score (nSPS) is 15.8. The van der Waals surface area contributed by atoms with E-state index < -0.39 is 77.0 Å². The number of hydrogen-bond acceptors (Lipinski definition) is 20. The van der Waals surface area contributed by atoms with E-state index in [0.717, 1.165) is 15.8 Å². The molecule has 28 nitrogen and oxygen atoms in total. The number of alkyl carbamates (subject to hydrolysis) is 1. The van der Waals surface area contributed by atoms with Crippen LogP contribution in [0.5, 0.6) is 5.75 Å². The van der Waals surface area contributed by atoms with Gasteiger partial charge in [0.25, 0.3) is 17.4 Å². The zero-order chi connectivity index (χ0) is 67.4. The molecular formula is C62H76F3N9O19. The molecule has 4 aliphatic heterocycles. The van der Waals surface area contributed by atoms with E-state index in [1.165, 1.54) is 12.2 Å². The molecule has 4 aliphatic rings. The number of carbonyl (C=O) groups excluding carboxylic acids is 8. The number of nitrogens with one attached hydrogen (secondary N) is 5. The van der Waals surface area contributed by atoms with Gasteiger partial charge in [0, 0.05) is 79.3 Å². The van der Waals surface area contributed by atoms with Crippen LogP contribution in [-0.4, -0.2) is 175 Å². The van der Waals surface area contributed by atoms with E-state index in [9.17, 15) is 61.4 Å². The molecule has 0 fully saturated rings. The molecule has 8 rings (SSSR count). The maximum atomic E-state index is 14.0. The average molecular weight is 1310 g/mol. The Morgan fingerprint density at radius 3 is 2.10 bits per heavy atom. The first-order valence-electron chi connectivity index (χ1n) is 30.2. The fraction of sp³-hybridized carbons (Fsp3) is 0.500. The molecule has 0 spiro atoms.